The second kappa shape index (κ2) is 42.6. The summed E-state index contributed by atoms with van der Waals surface area (Å²) in [5.41, 5.74) is 33.4. The lowest BCUT2D eigenvalue weighted by molar-refractivity contribution is 0.369. The highest BCUT2D eigenvalue weighted by atomic mass is 16.3. The predicted molar refractivity (Wildman–Crippen MR) is 531 cm³/mol. The Labute approximate surface area is 740 Å². The average Bonchev–Trinajstić information content (AvgIpc) is 1.52. The molecule has 0 aliphatic heterocycles. The van der Waals surface area contributed by atoms with Crippen LogP contribution in [0.4, 0.5) is 17.1 Å². The Morgan fingerprint density at radius 2 is 0.574 bits per heavy atom. The van der Waals surface area contributed by atoms with Crippen molar-refractivity contribution in [2.24, 2.45) is 0 Å². The van der Waals surface area contributed by atoms with Gasteiger partial charge in [0, 0.05) is 65.8 Å². The minimum atomic E-state index is -0.261. The molecular weight excluding hydrogens is 1480 g/mol. The molecule has 0 amide bonds. The molecule has 0 unspecified atom stereocenters. The van der Waals surface area contributed by atoms with Crippen molar-refractivity contribution in [1.29, 1.82) is 0 Å². The molecule has 0 saturated carbocycles. The van der Waals surface area contributed by atoms with Crippen LogP contribution in [0.1, 0.15) is 439 Å². The minimum Gasteiger partial charge on any atom is -0.456 e. The smallest absolute Gasteiger partial charge is 0.144 e. The Morgan fingerprint density at radius 3 is 1.06 bits per heavy atom. The number of furan rings is 2. The van der Waals surface area contributed by atoms with Crippen LogP contribution in [0.2, 0.25) is 0 Å². The molecule has 0 N–H and O–H groups in total. The summed E-state index contributed by atoms with van der Waals surface area (Å²) in [5, 5.41) is 5.26. The number of nitrogens with zero attached hydrogens (tertiary/aromatic N) is 1. The summed E-state index contributed by atoms with van der Waals surface area (Å²) in [6.45, 7) is 21.4. The van der Waals surface area contributed by atoms with Crippen molar-refractivity contribution in [3.63, 3.8) is 0 Å². The van der Waals surface area contributed by atoms with Crippen LogP contribution in [-0.4, -0.2) is 0 Å². The number of aryl methyl sites for hydroxylation is 1. The van der Waals surface area contributed by atoms with E-state index >= 15 is 0 Å². The number of para-hydroxylation sites is 2. The van der Waals surface area contributed by atoms with Crippen LogP contribution < -0.4 is 4.90 Å². The number of fused-ring (bicyclic) bond motifs is 22. The van der Waals surface area contributed by atoms with Gasteiger partial charge in [0.1, 0.15) is 22.3 Å². The van der Waals surface area contributed by atoms with Gasteiger partial charge in [0.25, 0.3) is 0 Å². The first kappa shape index (κ1) is 89.2. The fourth-order valence-electron chi connectivity index (χ4n) is 24.7. The Kier molecular flexibility index (Phi) is 31.1. The molecule has 122 heavy (non-hydrogen) atoms. The zero-order valence-electron chi connectivity index (χ0n) is 78.0. The van der Waals surface area contributed by atoms with Crippen LogP contribution in [-0.2, 0) is 21.7 Å². The van der Waals surface area contributed by atoms with Crippen LogP contribution in [0.3, 0.4) is 0 Å². The SMILES string of the molecule is CCCCCCCCC1(CCCCCCCC)c2cc(N(c3ccc(C)cc3)c3ccc4c(c3)C(CCCCCCC)(CCCCCCC)c3c5c(c6c(oc7ccccc76)c3-4)-c3ccccc3C5(CCCCCCC)CCCCCCC)ccc2-c2cc3c(cc21)-c1c(ccc2oc4ccccc4c12)C3(CCCCCCCC)CCCCCCCC. The van der Waals surface area contributed by atoms with Crippen molar-refractivity contribution in [2.75, 3.05) is 4.90 Å². The highest BCUT2D eigenvalue weighted by molar-refractivity contribution is 6.21. The summed E-state index contributed by atoms with van der Waals surface area (Å²) in [6, 6.07) is 65.1. The van der Waals surface area contributed by atoms with Gasteiger partial charge in [-0.15, -0.1) is 0 Å². The van der Waals surface area contributed by atoms with Crippen LogP contribution >= 0.6 is 0 Å². The number of unbranched alkanes of at least 4 members (excludes halogenated alkanes) is 36. The van der Waals surface area contributed by atoms with E-state index in [4.69, 9.17) is 8.83 Å². The lowest BCUT2D eigenvalue weighted by Gasteiger charge is -2.40. The van der Waals surface area contributed by atoms with Crippen LogP contribution in [0.25, 0.3) is 88.4 Å². The molecule has 0 bridgehead atoms. The summed E-state index contributed by atoms with van der Waals surface area (Å²) in [4.78, 5) is 2.77. The van der Waals surface area contributed by atoms with E-state index in [9.17, 15) is 0 Å². The fourth-order valence-corrected chi connectivity index (χ4v) is 24.7. The summed E-state index contributed by atoms with van der Waals surface area (Å²) < 4.78 is 14.8. The van der Waals surface area contributed by atoms with Gasteiger partial charge in [-0.2, -0.15) is 0 Å². The summed E-state index contributed by atoms with van der Waals surface area (Å²) in [6.07, 6.45) is 65.9. The van der Waals surface area contributed by atoms with Crippen molar-refractivity contribution in [3.05, 3.63) is 208 Å². The van der Waals surface area contributed by atoms with Crippen molar-refractivity contribution in [2.45, 2.75) is 418 Å². The molecule has 11 aromatic rings. The highest BCUT2D eigenvalue weighted by Crippen LogP contribution is 2.69. The van der Waals surface area contributed by atoms with Crippen molar-refractivity contribution in [3.8, 4) is 44.5 Å². The maximum absolute atomic E-state index is 7.78. The number of hydrogen-bond donors (Lipinski definition) is 0. The van der Waals surface area contributed by atoms with Gasteiger partial charge in [-0.3, -0.25) is 0 Å². The molecule has 9 aromatic carbocycles. The van der Waals surface area contributed by atoms with Gasteiger partial charge >= 0.3 is 0 Å². The number of benzene rings is 9. The second-order valence-electron chi connectivity index (χ2n) is 39.4. The molecule has 3 heteroatoms. The van der Waals surface area contributed by atoms with Gasteiger partial charge < -0.3 is 13.7 Å². The molecule has 650 valence electrons. The van der Waals surface area contributed by atoms with E-state index in [0.717, 1.165) is 48.0 Å². The molecular formula is C119H157NO2. The monoisotopic (exact) mass is 1630 g/mol. The third-order valence-electron chi connectivity index (χ3n) is 31.1. The molecule has 0 spiro atoms. The average molecular weight is 1630 g/mol. The number of rotatable bonds is 55. The second-order valence-corrected chi connectivity index (χ2v) is 39.4. The van der Waals surface area contributed by atoms with Crippen molar-refractivity contribution >= 4 is 60.9 Å². The zero-order chi connectivity index (χ0) is 84.3. The van der Waals surface area contributed by atoms with E-state index in [0.29, 0.717) is 0 Å². The number of anilines is 3. The van der Waals surface area contributed by atoms with Gasteiger partial charge in [-0.25, -0.2) is 0 Å². The molecule has 3 nitrogen and oxygen atoms in total. The predicted octanol–water partition coefficient (Wildman–Crippen LogP) is 38.8. The Morgan fingerprint density at radius 1 is 0.230 bits per heavy atom. The third kappa shape index (κ3) is 18.0. The maximum atomic E-state index is 7.78. The van der Waals surface area contributed by atoms with E-state index < -0.39 is 0 Å². The Hall–Kier alpha value is -7.62. The standard InChI is InChI=1S/C119H157NO2/c1-10-18-26-34-42-52-76-116(77-53-43-35-27-19-11-2)100-74-75-107-109(95-61-47-50-64-105(95)121-107)108(100)98-87-103-97(86-104(98)116)92-72-70-90(84-101(92)117(103,78-54-44-36-28-20-12-3)79-55-45-37-29-21-13-4)120(89-68-66-88(9)67-69-89)91-71-73-94-102(85-91)119(82-58-40-32-24-16-7,83-59-41-33-25-17-8)114-112(94)115-111(96-62-48-51-65-106(96)122-115)110-93-60-46-49-63-99(93)118(113(110)114,80-56-38-30-22-14-5)81-57-39-31-23-15-6/h46-51,60-75,84-87H,10-45,52-59,76-83H2,1-9H3. The first-order valence-electron chi connectivity index (χ1n) is 51.6. The zero-order valence-corrected chi connectivity index (χ0v) is 78.0. The first-order chi connectivity index (χ1) is 60.1. The van der Waals surface area contributed by atoms with E-state index in [2.05, 4.69) is 225 Å². The van der Waals surface area contributed by atoms with Crippen molar-refractivity contribution < 1.29 is 8.83 Å². The summed E-state index contributed by atoms with van der Waals surface area (Å²) in [5.74, 6) is 0. The first-order valence-corrected chi connectivity index (χ1v) is 51.6. The highest BCUT2D eigenvalue weighted by Gasteiger charge is 2.55. The number of hydrogen-bond acceptors (Lipinski definition) is 3. The molecule has 0 atom stereocenters. The Balaban J connectivity index is 0.976. The van der Waals surface area contributed by atoms with E-state index in [1.807, 2.05) is 0 Å². The minimum absolute atomic E-state index is 0.106. The molecule has 2 aromatic heterocycles. The largest absolute Gasteiger partial charge is 0.456 e. The molecule has 0 saturated heterocycles. The normalized spacial score (nSPS) is 14.6. The third-order valence-corrected chi connectivity index (χ3v) is 31.1. The molecule has 4 aliphatic rings. The molecule has 0 fully saturated rings. The summed E-state index contributed by atoms with van der Waals surface area (Å²) in [7, 11) is 0. The van der Waals surface area contributed by atoms with Crippen LogP contribution in [0.5, 0.6) is 0 Å². The van der Waals surface area contributed by atoms with E-state index in [-0.39, 0.29) is 21.7 Å². The topological polar surface area (TPSA) is 29.5 Å². The maximum Gasteiger partial charge on any atom is 0.144 e. The van der Waals surface area contributed by atoms with Crippen LogP contribution in [0, 0.1) is 6.92 Å². The van der Waals surface area contributed by atoms with E-state index in [1.54, 1.807) is 44.5 Å². The van der Waals surface area contributed by atoms with Gasteiger partial charge in [0.05, 0.1) is 0 Å². The van der Waals surface area contributed by atoms with Gasteiger partial charge in [-0.1, -0.05) is 434 Å². The fraction of sp³-hybridized carbons (Fsp3) is 0.546. The van der Waals surface area contributed by atoms with E-state index in [1.165, 1.54) is 397 Å². The Bertz CT molecular complexity index is 5140. The van der Waals surface area contributed by atoms with Crippen molar-refractivity contribution in [1.82, 2.24) is 0 Å². The quantitative estimate of drug-likeness (QED) is 0.0356. The molecule has 0 radical (unpaired) electrons. The van der Waals surface area contributed by atoms with Gasteiger partial charge in [0.2, 0.25) is 0 Å². The molecule has 4 aliphatic carbocycles. The van der Waals surface area contributed by atoms with Gasteiger partial charge in [0.15, 0.2) is 0 Å². The lowest BCUT2D eigenvalue weighted by Crippen LogP contribution is -2.33. The van der Waals surface area contributed by atoms with Crippen LogP contribution in [0.15, 0.2) is 167 Å². The van der Waals surface area contributed by atoms with Gasteiger partial charge in [-0.05, 0) is 208 Å². The molecule has 15 rings (SSSR count). The summed E-state index contributed by atoms with van der Waals surface area (Å²) >= 11 is 0. The lowest BCUT2D eigenvalue weighted by atomic mass is 9.62. The molecule has 2 heterocycles.